The van der Waals surface area contributed by atoms with Gasteiger partial charge in [0.25, 0.3) is 0 Å². The molecule has 0 spiro atoms. The van der Waals surface area contributed by atoms with Crippen molar-refractivity contribution in [2.45, 2.75) is 13.8 Å². The van der Waals surface area contributed by atoms with E-state index >= 15 is 0 Å². The smallest absolute Gasteiger partial charge is 0.200 e. The summed E-state index contributed by atoms with van der Waals surface area (Å²) in [7, 11) is 0. The number of thiocarbonyl (C=S) groups is 1. The number of anilines is 1. The van der Waals surface area contributed by atoms with E-state index in [2.05, 4.69) is 31.6 Å². The number of aliphatic imine (C=N–C) groups is 1. The molecule has 0 amide bonds. The maximum absolute atomic E-state index is 5.77. The number of halogens is 1. The summed E-state index contributed by atoms with van der Waals surface area (Å²) in [6.07, 6.45) is 0. The van der Waals surface area contributed by atoms with Crippen molar-refractivity contribution in [1.29, 1.82) is 0 Å². The van der Waals surface area contributed by atoms with E-state index in [4.69, 9.17) is 18.0 Å². The molecule has 6 heteroatoms. The van der Waals surface area contributed by atoms with Crippen molar-refractivity contribution >= 4 is 44.9 Å². The van der Waals surface area contributed by atoms with Gasteiger partial charge in [0.15, 0.2) is 5.11 Å². The molecule has 0 saturated carbocycles. The van der Waals surface area contributed by atoms with Crippen molar-refractivity contribution in [2.75, 3.05) is 11.9 Å². The van der Waals surface area contributed by atoms with Gasteiger partial charge in [0, 0.05) is 11.0 Å². The first kappa shape index (κ1) is 13.9. The van der Waals surface area contributed by atoms with E-state index in [0.29, 0.717) is 5.11 Å². The Morgan fingerprint density at radius 3 is 2.82 bits per heavy atom. The zero-order valence-corrected chi connectivity index (χ0v) is 12.2. The molecule has 1 rings (SSSR count). The Labute approximate surface area is 115 Å². The average Bonchev–Trinajstić information content (AvgIpc) is 2.24. The van der Waals surface area contributed by atoms with Crippen molar-refractivity contribution in [2.24, 2.45) is 10.7 Å². The second-order valence-corrected chi connectivity index (χ2v) is 4.63. The number of rotatable bonds is 2. The van der Waals surface area contributed by atoms with Gasteiger partial charge in [-0.05, 0) is 53.6 Å². The van der Waals surface area contributed by atoms with Crippen LogP contribution in [0.15, 0.2) is 27.7 Å². The quantitative estimate of drug-likeness (QED) is 0.445. The molecule has 0 aliphatic carbocycles. The first-order chi connectivity index (χ1) is 8.04. The zero-order valence-electron chi connectivity index (χ0n) is 9.75. The molecule has 0 heterocycles. The lowest BCUT2D eigenvalue weighted by Crippen LogP contribution is -2.28. The van der Waals surface area contributed by atoms with Crippen LogP contribution in [0.2, 0.25) is 0 Å². The summed E-state index contributed by atoms with van der Waals surface area (Å²) in [6, 6.07) is 5.88. The number of nitrogens with two attached hydrogens (primary N) is 1. The van der Waals surface area contributed by atoms with Crippen LogP contribution in [0.3, 0.4) is 0 Å². The van der Waals surface area contributed by atoms with Gasteiger partial charge in [-0.15, -0.1) is 0 Å². The van der Waals surface area contributed by atoms with Crippen LogP contribution in [-0.4, -0.2) is 17.6 Å². The molecular weight excluding hydrogens is 300 g/mol. The summed E-state index contributed by atoms with van der Waals surface area (Å²) < 4.78 is 0.935. The Bertz CT molecular complexity index is 425. The Morgan fingerprint density at radius 2 is 2.24 bits per heavy atom. The van der Waals surface area contributed by atoms with Crippen LogP contribution < -0.4 is 16.4 Å². The van der Waals surface area contributed by atoms with Gasteiger partial charge in [-0.25, -0.2) is 0 Å². The fraction of sp³-hybridized carbons (Fsp3) is 0.273. The van der Waals surface area contributed by atoms with Gasteiger partial charge >= 0.3 is 0 Å². The lowest BCUT2D eigenvalue weighted by Gasteiger charge is -2.11. The molecule has 0 unspecified atom stereocenters. The lowest BCUT2D eigenvalue weighted by atomic mass is 10.2. The fourth-order valence-corrected chi connectivity index (χ4v) is 2.05. The topological polar surface area (TPSA) is 62.4 Å². The summed E-state index contributed by atoms with van der Waals surface area (Å²) in [6.45, 7) is 4.66. The third kappa shape index (κ3) is 4.32. The standard InChI is InChI=1S/C11H15BrN4S/c1-3-14-11(17)16-10(13)15-9-7(2)5-4-6-8(9)12/h4-6H,3H2,1-2H3,(H4,13,14,15,16,17). The van der Waals surface area contributed by atoms with Crippen LogP contribution >= 0.6 is 28.1 Å². The number of hydrogen-bond donors (Lipinski definition) is 3. The summed E-state index contributed by atoms with van der Waals surface area (Å²) in [5, 5.41) is 6.30. The summed E-state index contributed by atoms with van der Waals surface area (Å²) >= 11 is 8.43. The Morgan fingerprint density at radius 1 is 1.53 bits per heavy atom. The van der Waals surface area contributed by atoms with Crippen LogP contribution in [0, 0.1) is 6.92 Å². The van der Waals surface area contributed by atoms with Crippen LogP contribution in [0.5, 0.6) is 0 Å². The van der Waals surface area contributed by atoms with Crippen molar-refractivity contribution in [3.05, 3.63) is 28.2 Å². The highest BCUT2D eigenvalue weighted by Gasteiger charge is 2.04. The van der Waals surface area contributed by atoms with Crippen LogP contribution in [0.1, 0.15) is 12.5 Å². The molecule has 4 nitrogen and oxygen atoms in total. The number of benzene rings is 1. The van der Waals surface area contributed by atoms with Gasteiger partial charge in [0.2, 0.25) is 5.96 Å². The van der Waals surface area contributed by atoms with Crippen molar-refractivity contribution in [1.82, 2.24) is 5.32 Å². The molecule has 0 aromatic heterocycles. The van der Waals surface area contributed by atoms with Gasteiger partial charge in [-0.3, -0.25) is 0 Å². The molecule has 4 N–H and O–H groups in total. The van der Waals surface area contributed by atoms with Crippen molar-refractivity contribution in [3.8, 4) is 0 Å². The number of para-hydroxylation sites is 1. The van der Waals surface area contributed by atoms with Crippen molar-refractivity contribution < 1.29 is 0 Å². The molecule has 0 radical (unpaired) electrons. The first-order valence-electron chi connectivity index (χ1n) is 5.18. The SMILES string of the molecule is CCNC(=S)/N=C(\N)Nc1c(C)cccc1Br. The number of nitrogens with one attached hydrogen (secondary N) is 2. The Hall–Kier alpha value is -1.14. The van der Waals surface area contributed by atoms with E-state index in [1.54, 1.807) is 0 Å². The molecule has 0 atom stereocenters. The van der Waals surface area contributed by atoms with E-state index < -0.39 is 0 Å². The predicted octanol–water partition coefficient (Wildman–Crippen LogP) is 2.38. The normalized spacial score (nSPS) is 11.1. The molecule has 0 saturated heterocycles. The minimum Gasteiger partial charge on any atom is -0.369 e. The minimum absolute atomic E-state index is 0.269. The second kappa shape index (κ2) is 6.56. The number of guanidine groups is 1. The molecule has 92 valence electrons. The van der Waals surface area contributed by atoms with Crippen LogP contribution in [-0.2, 0) is 0 Å². The molecule has 1 aromatic rings. The molecular formula is C11H15BrN4S. The maximum Gasteiger partial charge on any atom is 0.200 e. The molecule has 0 aliphatic rings. The fourth-order valence-electron chi connectivity index (χ4n) is 1.25. The second-order valence-electron chi connectivity index (χ2n) is 3.39. The summed E-state index contributed by atoms with van der Waals surface area (Å²) in [5.74, 6) is 0.269. The minimum atomic E-state index is 0.269. The monoisotopic (exact) mass is 314 g/mol. The Balaban J connectivity index is 2.81. The number of hydrogen-bond acceptors (Lipinski definition) is 1. The van der Waals surface area contributed by atoms with E-state index in [1.807, 2.05) is 32.0 Å². The van der Waals surface area contributed by atoms with Gasteiger partial charge in [0.1, 0.15) is 0 Å². The predicted molar refractivity (Wildman–Crippen MR) is 80.4 cm³/mol. The highest BCUT2D eigenvalue weighted by Crippen LogP contribution is 2.25. The third-order valence-corrected chi connectivity index (χ3v) is 2.92. The number of nitrogens with zero attached hydrogens (tertiary/aromatic N) is 1. The highest BCUT2D eigenvalue weighted by atomic mass is 79.9. The van der Waals surface area contributed by atoms with Gasteiger partial charge in [0.05, 0.1) is 5.69 Å². The van der Waals surface area contributed by atoms with Crippen LogP contribution in [0.4, 0.5) is 5.69 Å². The molecule has 0 aliphatic heterocycles. The maximum atomic E-state index is 5.77. The summed E-state index contributed by atoms with van der Waals surface area (Å²) in [4.78, 5) is 4.03. The largest absolute Gasteiger partial charge is 0.369 e. The van der Waals surface area contributed by atoms with Crippen molar-refractivity contribution in [3.63, 3.8) is 0 Å². The van der Waals surface area contributed by atoms with Gasteiger partial charge in [-0.2, -0.15) is 4.99 Å². The first-order valence-corrected chi connectivity index (χ1v) is 6.38. The van der Waals surface area contributed by atoms with E-state index in [1.165, 1.54) is 0 Å². The van der Waals surface area contributed by atoms with E-state index in [-0.39, 0.29) is 5.96 Å². The van der Waals surface area contributed by atoms with Crippen LogP contribution in [0.25, 0.3) is 0 Å². The molecule has 17 heavy (non-hydrogen) atoms. The van der Waals surface area contributed by atoms with E-state index in [9.17, 15) is 0 Å². The average molecular weight is 315 g/mol. The van der Waals surface area contributed by atoms with Gasteiger partial charge in [-0.1, -0.05) is 12.1 Å². The third-order valence-electron chi connectivity index (χ3n) is 2.03. The zero-order chi connectivity index (χ0) is 12.8. The van der Waals surface area contributed by atoms with E-state index in [0.717, 1.165) is 22.3 Å². The molecule has 0 fully saturated rings. The molecule has 0 bridgehead atoms. The van der Waals surface area contributed by atoms with Gasteiger partial charge < -0.3 is 16.4 Å². The lowest BCUT2D eigenvalue weighted by molar-refractivity contribution is 0.972. The molecule has 1 aromatic carbocycles. The highest BCUT2D eigenvalue weighted by molar-refractivity contribution is 9.10. The summed E-state index contributed by atoms with van der Waals surface area (Å²) in [5.41, 5.74) is 7.74. The Kier molecular flexibility index (Phi) is 5.37. The number of aryl methyl sites for hydroxylation is 1.